The minimum absolute atomic E-state index is 0.822. The molecule has 1 fully saturated rings. The minimum atomic E-state index is 0.822. The Balaban J connectivity index is 1.78. The van der Waals surface area contributed by atoms with Gasteiger partial charge in [0.25, 0.3) is 0 Å². The van der Waals surface area contributed by atoms with Crippen LogP contribution in [0.5, 0.6) is 0 Å². The highest BCUT2D eigenvalue weighted by atomic mass is 35.5. The average molecular weight is 204 g/mol. The highest BCUT2D eigenvalue weighted by Gasteiger charge is 2.13. The van der Waals surface area contributed by atoms with Gasteiger partial charge in [-0.2, -0.15) is 0 Å². The Morgan fingerprint density at radius 2 is 1.85 bits per heavy atom. The van der Waals surface area contributed by atoms with E-state index in [9.17, 15) is 0 Å². The van der Waals surface area contributed by atoms with Crippen molar-refractivity contribution in [3.05, 3.63) is 0 Å². The molecule has 2 heteroatoms. The van der Waals surface area contributed by atoms with E-state index in [1.807, 2.05) is 0 Å². The van der Waals surface area contributed by atoms with Crippen LogP contribution in [-0.4, -0.2) is 19.0 Å². The molecule has 0 radical (unpaired) electrons. The highest BCUT2D eigenvalue weighted by molar-refractivity contribution is 6.17. The van der Waals surface area contributed by atoms with Crippen LogP contribution in [0, 0.1) is 5.92 Å². The Kier molecular flexibility index (Phi) is 6.65. The van der Waals surface area contributed by atoms with Crippen LogP contribution in [-0.2, 0) is 0 Å². The van der Waals surface area contributed by atoms with Gasteiger partial charge in [0.15, 0.2) is 0 Å². The van der Waals surface area contributed by atoms with Crippen molar-refractivity contribution in [2.45, 2.75) is 44.9 Å². The molecule has 0 heterocycles. The molecule has 0 spiro atoms. The van der Waals surface area contributed by atoms with E-state index < -0.39 is 0 Å². The molecule has 1 N–H and O–H groups in total. The lowest BCUT2D eigenvalue weighted by Gasteiger charge is -2.09. The SMILES string of the molecule is ClCCCCCNCC1CCCC1. The zero-order valence-electron chi connectivity index (χ0n) is 8.53. The van der Waals surface area contributed by atoms with E-state index in [0.29, 0.717) is 0 Å². The van der Waals surface area contributed by atoms with E-state index >= 15 is 0 Å². The van der Waals surface area contributed by atoms with E-state index in [1.54, 1.807) is 0 Å². The first-order valence-electron chi connectivity index (χ1n) is 5.70. The minimum Gasteiger partial charge on any atom is -0.316 e. The van der Waals surface area contributed by atoms with Crippen molar-refractivity contribution >= 4 is 11.6 Å². The molecule has 0 aromatic carbocycles. The Labute approximate surface area is 87.2 Å². The first-order valence-corrected chi connectivity index (χ1v) is 6.23. The van der Waals surface area contributed by atoms with Crippen LogP contribution in [0.25, 0.3) is 0 Å². The summed E-state index contributed by atoms with van der Waals surface area (Å²) in [6.45, 7) is 2.44. The van der Waals surface area contributed by atoms with Crippen LogP contribution >= 0.6 is 11.6 Å². The monoisotopic (exact) mass is 203 g/mol. The normalized spacial score (nSPS) is 18.2. The highest BCUT2D eigenvalue weighted by Crippen LogP contribution is 2.23. The predicted octanol–water partition coefficient (Wildman–Crippen LogP) is 3.18. The van der Waals surface area contributed by atoms with Gasteiger partial charge in [-0.25, -0.2) is 0 Å². The van der Waals surface area contributed by atoms with E-state index in [2.05, 4.69) is 5.32 Å². The number of halogens is 1. The molecule has 1 aliphatic carbocycles. The van der Waals surface area contributed by atoms with Gasteiger partial charge < -0.3 is 5.32 Å². The summed E-state index contributed by atoms with van der Waals surface area (Å²) in [6.07, 6.45) is 9.56. The van der Waals surface area contributed by atoms with Crippen molar-refractivity contribution in [2.24, 2.45) is 5.92 Å². The van der Waals surface area contributed by atoms with Crippen molar-refractivity contribution in [1.29, 1.82) is 0 Å². The van der Waals surface area contributed by atoms with E-state index in [1.165, 1.54) is 58.0 Å². The van der Waals surface area contributed by atoms with Gasteiger partial charge >= 0.3 is 0 Å². The second-order valence-corrected chi connectivity index (χ2v) is 4.48. The Morgan fingerprint density at radius 3 is 2.54 bits per heavy atom. The summed E-state index contributed by atoms with van der Waals surface area (Å²) in [4.78, 5) is 0. The average Bonchev–Trinajstić information content (AvgIpc) is 2.63. The third kappa shape index (κ3) is 5.53. The van der Waals surface area contributed by atoms with Crippen LogP contribution in [0.15, 0.2) is 0 Å². The van der Waals surface area contributed by atoms with Gasteiger partial charge in [0.05, 0.1) is 0 Å². The number of unbranched alkanes of at least 4 members (excludes halogenated alkanes) is 2. The molecule has 0 bridgehead atoms. The lowest BCUT2D eigenvalue weighted by molar-refractivity contribution is 0.481. The third-order valence-corrected chi connectivity index (χ3v) is 3.16. The molecule has 0 aromatic rings. The van der Waals surface area contributed by atoms with Crippen LogP contribution in [0.3, 0.4) is 0 Å². The lowest BCUT2D eigenvalue weighted by Crippen LogP contribution is -2.22. The Morgan fingerprint density at radius 1 is 1.08 bits per heavy atom. The van der Waals surface area contributed by atoms with Crippen molar-refractivity contribution < 1.29 is 0 Å². The summed E-state index contributed by atoms with van der Waals surface area (Å²) >= 11 is 5.60. The second kappa shape index (κ2) is 7.64. The van der Waals surface area contributed by atoms with Crippen LogP contribution < -0.4 is 5.32 Å². The standard InChI is InChI=1S/C11H22ClN/c12-8-4-1-5-9-13-10-11-6-2-3-7-11/h11,13H,1-10H2. The fraction of sp³-hybridized carbons (Fsp3) is 1.00. The Hall–Kier alpha value is 0.250. The van der Waals surface area contributed by atoms with Gasteiger partial charge in [-0.3, -0.25) is 0 Å². The van der Waals surface area contributed by atoms with Gasteiger partial charge in [0, 0.05) is 5.88 Å². The van der Waals surface area contributed by atoms with Gasteiger partial charge in [0.2, 0.25) is 0 Å². The maximum atomic E-state index is 5.60. The number of hydrogen-bond donors (Lipinski definition) is 1. The molecule has 0 aromatic heterocycles. The van der Waals surface area contributed by atoms with Crippen LogP contribution in [0.2, 0.25) is 0 Å². The summed E-state index contributed by atoms with van der Waals surface area (Å²) in [5.74, 6) is 1.80. The molecule has 0 aliphatic heterocycles. The fourth-order valence-corrected chi connectivity index (χ4v) is 2.23. The first-order chi connectivity index (χ1) is 6.43. The van der Waals surface area contributed by atoms with Crippen molar-refractivity contribution in [3.63, 3.8) is 0 Å². The third-order valence-electron chi connectivity index (χ3n) is 2.89. The van der Waals surface area contributed by atoms with E-state index in [0.717, 1.165) is 11.8 Å². The van der Waals surface area contributed by atoms with E-state index in [4.69, 9.17) is 11.6 Å². The molecule has 1 aliphatic rings. The molecule has 1 nitrogen and oxygen atoms in total. The largest absolute Gasteiger partial charge is 0.316 e. The first kappa shape index (κ1) is 11.3. The van der Waals surface area contributed by atoms with Crippen LogP contribution in [0.1, 0.15) is 44.9 Å². The molecular weight excluding hydrogens is 182 g/mol. The summed E-state index contributed by atoms with van der Waals surface area (Å²) in [5, 5.41) is 3.54. The van der Waals surface area contributed by atoms with Gasteiger partial charge in [0.1, 0.15) is 0 Å². The predicted molar refractivity (Wildman–Crippen MR) is 59.4 cm³/mol. The molecule has 0 atom stereocenters. The van der Waals surface area contributed by atoms with Crippen molar-refractivity contribution in [3.8, 4) is 0 Å². The number of hydrogen-bond acceptors (Lipinski definition) is 1. The number of nitrogens with one attached hydrogen (secondary N) is 1. The molecule has 1 saturated carbocycles. The quantitative estimate of drug-likeness (QED) is 0.495. The summed E-state index contributed by atoms with van der Waals surface area (Å²) < 4.78 is 0. The molecule has 0 saturated heterocycles. The molecule has 0 unspecified atom stereocenters. The van der Waals surface area contributed by atoms with Crippen LogP contribution in [0.4, 0.5) is 0 Å². The maximum Gasteiger partial charge on any atom is 0.0223 e. The number of alkyl halides is 1. The summed E-state index contributed by atoms with van der Waals surface area (Å²) in [5.41, 5.74) is 0. The molecule has 0 amide bonds. The van der Waals surface area contributed by atoms with Gasteiger partial charge in [-0.15, -0.1) is 11.6 Å². The number of rotatable bonds is 7. The lowest BCUT2D eigenvalue weighted by atomic mass is 10.1. The van der Waals surface area contributed by atoms with Crippen molar-refractivity contribution in [1.82, 2.24) is 5.32 Å². The smallest absolute Gasteiger partial charge is 0.0223 e. The Bertz CT molecular complexity index is 111. The fourth-order valence-electron chi connectivity index (χ4n) is 2.04. The molecule has 1 rings (SSSR count). The van der Waals surface area contributed by atoms with E-state index in [-0.39, 0.29) is 0 Å². The molecule has 13 heavy (non-hydrogen) atoms. The molecular formula is C11H22ClN. The zero-order valence-corrected chi connectivity index (χ0v) is 9.28. The van der Waals surface area contributed by atoms with Gasteiger partial charge in [-0.1, -0.05) is 19.3 Å². The summed E-state index contributed by atoms with van der Waals surface area (Å²) in [6, 6.07) is 0. The second-order valence-electron chi connectivity index (χ2n) is 4.10. The molecule has 78 valence electrons. The van der Waals surface area contributed by atoms with Crippen molar-refractivity contribution in [2.75, 3.05) is 19.0 Å². The topological polar surface area (TPSA) is 12.0 Å². The summed E-state index contributed by atoms with van der Waals surface area (Å²) in [7, 11) is 0. The van der Waals surface area contributed by atoms with Gasteiger partial charge in [-0.05, 0) is 44.7 Å². The zero-order chi connectivity index (χ0) is 9.36. The maximum absolute atomic E-state index is 5.60.